The van der Waals surface area contributed by atoms with E-state index in [1.165, 1.54) is 0 Å². The molecule has 0 saturated heterocycles. The zero-order valence-electron chi connectivity index (χ0n) is 8.20. The minimum Gasteiger partial charge on any atom is -0.481 e. The summed E-state index contributed by atoms with van der Waals surface area (Å²) in [6.07, 6.45) is -5.93. The summed E-state index contributed by atoms with van der Waals surface area (Å²) in [6, 6.07) is 1.92. The minimum absolute atomic E-state index is 0.0615. The average molecular weight is 270 g/mol. The van der Waals surface area contributed by atoms with Gasteiger partial charge in [0.25, 0.3) is 0 Å². The maximum atomic E-state index is 12.7. The van der Waals surface area contributed by atoms with Crippen LogP contribution in [0, 0.1) is 0 Å². The summed E-state index contributed by atoms with van der Waals surface area (Å²) in [5.74, 6) is -1.78. The Balaban J connectivity index is 3.24. The van der Waals surface area contributed by atoms with Crippen molar-refractivity contribution in [3.63, 3.8) is 0 Å². The fraction of sp³-hybridized carbons (Fsp3) is 0.333. The van der Waals surface area contributed by atoms with Crippen molar-refractivity contribution in [2.75, 3.05) is 0 Å². The smallest absolute Gasteiger partial charge is 0.422 e. The van der Waals surface area contributed by atoms with Gasteiger partial charge in [-0.2, -0.15) is 13.2 Å². The lowest BCUT2D eigenvalue weighted by Gasteiger charge is -2.29. The number of pyridine rings is 1. The topological polar surface area (TPSA) is 70.4 Å². The van der Waals surface area contributed by atoms with Gasteiger partial charge in [0.1, 0.15) is 5.15 Å². The largest absolute Gasteiger partial charge is 0.481 e. The number of alkyl halides is 3. The van der Waals surface area contributed by atoms with Crippen LogP contribution < -0.4 is 0 Å². The van der Waals surface area contributed by atoms with Gasteiger partial charge in [0.15, 0.2) is 5.60 Å². The van der Waals surface area contributed by atoms with Crippen molar-refractivity contribution in [1.29, 1.82) is 0 Å². The van der Waals surface area contributed by atoms with E-state index < -0.39 is 29.7 Å². The van der Waals surface area contributed by atoms with Gasteiger partial charge in [0, 0.05) is 11.8 Å². The third-order valence-electron chi connectivity index (χ3n) is 2.08. The first-order chi connectivity index (χ1) is 7.67. The van der Waals surface area contributed by atoms with Gasteiger partial charge in [-0.05, 0) is 6.07 Å². The average Bonchev–Trinajstić information content (AvgIpc) is 2.15. The second-order valence-electron chi connectivity index (χ2n) is 3.30. The summed E-state index contributed by atoms with van der Waals surface area (Å²) < 4.78 is 38.0. The number of carbonyl (C=O) groups is 1. The van der Waals surface area contributed by atoms with Crippen LogP contribution in [0.1, 0.15) is 12.0 Å². The predicted octanol–water partition coefficient (Wildman–Crippen LogP) is 1.96. The van der Waals surface area contributed by atoms with Crippen LogP contribution in [-0.2, 0) is 10.4 Å². The molecule has 0 radical (unpaired) electrons. The first kappa shape index (κ1) is 13.7. The number of hydrogen-bond acceptors (Lipinski definition) is 3. The molecule has 0 saturated carbocycles. The van der Waals surface area contributed by atoms with Crippen molar-refractivity contribution in [3.8, 4) is 0 Å². The van der Waals surface area contributed by atoms with E-state index in [4.69, 9.17) is 16.7 Å². The second-order valence-corrected chi connectivity index (χ2v) is 3.69. The van der Waals surface area contributed by atoms with E-state index in [-0.39, 0.29) is 5.15 Å². The van der Waals surface area contributed by atoms with Gasteiger partial charge in [-0.1, -0.05) is 17.7 Å². The Morgan fingerprint density at radius 3 is 2.35 bits per heavy atom. The molecule has 17 heavy (non-hydrogen) atoms. The highest BCUT2D eigenvalue weighted by Gasteiger charge is 2.56. The van der Waals surface area contributed by atoms with Crippen LogP contribution in [0.3, 0.4) is 0 Å². The van der Waals surface area contributed by atoms with E-state index in [0.29, 0.717) is 6.20 Å². The number of nitrogens with zero attached hydrogens (tertiary/aromatic N) is 1. The molecule has 94 valence electrons. The molecule has 0 aromatic carbocycles. The van der Waals surface area contributed by atoms with Gasteiger partial charge in [-0.25, -0.2) is 4.98 Å². The lowest BCUT2D eigenvalue weighted by atomic mass is 9.91. The number of rotatable bonds is 3. The number of aliphatic hydroxyl groups is 1. The minimum atomic E-state index is -5.12. The molecule has 0 aliphatic heterocycles. The highest BCUT2D eigenvalue weighted by molar-refractivity contribution is 6.29. The molecule has 0 aliphatic carbocycles. The van der Waals surface area contributed by atoms with Crippen LogP contribution in [0.15, 0.2) is 18.3 Å². The maximum Gasteiger partial charge on any atom is 0.422 e. The predicted molar refractivity (Wildman–Crippen MR) is 51.5 cm³/mol. The molecule has 1 unspecified atom stereocenters. The van der Waals surface area contributed by atoms with E-state index >= 15 is 0 Å². The van der Waals surface area contributed by atoms with Gasteiger partial charge in [0.2, 0.25) is 0 Å². The summed E-state index contributed by atoms with van der Waals surface area (Å²) in [5.41, 5.74) is -4.15. The zero-order chi connectivity index (χ0) is 13.3. The third-order valence-corrected chi connectivity index (χ3v) is 2.30. The van der Waals surface area contributed by atoms with E-state index in [1.807, 2.05) is 0 Å². The fourth-order valence-electron chi connectivity index (χ4n) is 1.21. The molecule has 0 spiro atoms. The molecule has 1 aromatic heterocycles. The summed E-state index contributed by atoms with van der Waals surface area (Å²) in [5, 5.41) is 17.9. The number of carboxylic acid groups (broad SMARTS) is 1. The third kappa shape index (κ3) is 2.86. The molecule has 0 fully saturated rings. The molecule has 0 aliphatic rings. The highest BCUT2D eigenvalue weighted by atomic mass is 35.5. The van der Waals surface area contributed by atoms with E-state index in [1.54, 1.807) is 0 Å². The van der Waals surface area contributed by atoms with E-state index in [2.05, 4.69) is 4.98 Å². The molecular formula is C9H7ClF3NO3. The zero-order valence-corrected chi connectivity index (χ0v) is 8.96. The van der Waals surface area contributed by atoms with Gasteiger partial charge in [0.05, 0.1) is 6.42 Å². The molecular weight excluding hydrogens is 263 g/mol. The standard InChI is InChI=1S/C9H7ClF3NO3/c10-6-2-1-5(4-14-6)8(17,3-7(15)16)9(11,12)13/h1-2,4,17H,3H2,(H,15,16). The summed E-state index contributed by atoms with van der Waals surface area (Å²) in [6.45, 7) is 0. The monoisotopic (exact) mass is 269 g/mol. The molecule has 0 bridgehead atoms. The SMILES string of the molecule is O=C(O)CC(O)(c1ccc(Cl)nc1)C(F)(F)F. The van der Waals surface area contributed by atoms with Gasteiger partial charge < -0.3 is 10.2 Å². The van der Waals surface area contributed by atoms with Crippen molar-refractivity contribution in [1.82, 2.24) is 4.98 Å². The van der Waals surface area contributed by atoms with Crippen LogP contribution in [-0.4, -0.2) is 27.3 Å². The van der Waals surface area contributed by atoms with Crippen LogP contribution in [0.2, 0.25) is 5.15 Å². The highest BCUT2D eigenvalue weighted by Crippen LogP contribution is 2.41. The molecule has 8 heteroatoms. The van der Waals surface area contributed by atoms with Crippen molar-refractivity contribution >= 4 is 17.6 Å². The fourth-order valence-corrected chi connectivity index (χ4v) is 1.32. The summed E-state index contributed by atoms with van der Waals surface area (Å²) in [4.78, 5) is 13.8. The Morgan fingerprint density at radius 1 is 1.41 bits per heavy atom. The Kier molecular flexibility index (Phi) is 3.63. The second kappa shape index (κ2) is 4.50. The molecule has 4 nitrogen and oxygen atoms in total. The molecule has 0 amide bonds. The Hall–Kier alpha value is -1.34. The normalized spacial score (nSPS) is 15.4. The first-order valence-electron chi connectivity index (χ1n) is 4.30. The van der Waals surface area contributed by atoms with Crippen LogP contribution in [0.4, 0.5) is 13.2 Å². The number of halogens is 4. The Bertz CT molecular complexity index is 420. The Labute approximate surface area is 98.7 Å². The molecule has 1 aromatic rings. The van der Waals surface area contributed by atoms with Crippen molar-refractivity contribution in [2.45, 2.75) is 18.2 Å². The van der Waals surface area contributed by atoms with Crippen molar-refractivity contribution in [3.05, 3.63) is 29.0 Å². The Morgan fingerprint density at radius 2 is 2.00 bits per heavy atom. The number of hydrogen-bond donors (Lipinski definition) is 2. The lowest BCUT2D eigenvalue weighted by Crippen LogP contribution is -2.44. The quantitative estimate of drug-likeness (QED) is 0.823. The van der Waals surface area contributed by atoms with Gasteiger partial charge in [-0.3, -0.25) is 4.79 Å². The molecule has 1 rings (SSSR count). The first-order valence-corrected chi connectivity index (χ1v) is 4.67. The van der Waals surface area contributed by atoms with Crippen molar-refractivity contribution in [2.24, 2.45) is 0 Å². The van der Waals surface area contributed by atoms with Gasteiger partial charge >= 0.3 is 12.1 Å². The number of carboxylic acids is 1. The van der Waals surface area contributed by atoms with Crippen molar-refractivity contribution < 1.29 is 28.2 Å². The maximum absolute atomic E-state index is 12.7. The van der Waals surface area contributed by atoms with Crippen LogP contribution in [0.5, 0.6) is 0 Å². The van der Waals surface area contributed by atoms with E-state index in [9.17, 15) is 23.1 Å². The van der Waals surface area contributed by atoms with Crippen LogP contribution >= 0.6 is 11.6 Å². The molecule has 2 N–H and O–H groups in total. The summed E-state index contributed by atoms with van der Waals surface area (Å²) in [7, 11) is 0. The molecule has 1 heterocycles. The van der Waals surface area contributed by atoms with E-state index in [0.717, 1.165) is 12.1 Å². The molecule has 1 atom stereocenters. The summed E-state index contributed by atoms with van der Waals surface area (Å²) >= 11 is 5.39. The van der Waals surface area contributed by atoms with Crippen LogP contribution in [0.25, 0.3) is 0 Å². The lowest BCUT2D eigenvalue weighted by molar-refractivity contribution is -0.269. The number of aliphatic carboxylic acids is 1. The van der Waals surface area contributed by atoms with Gasteiger partial charge in [-0.15, -0.1) is 0 Å². The number of aromatic nitrogens is 1.